The first-order valence-corrected chi connectivity index (χ1v) is 8.26. The van der Waals surface area contributed by atoms with Gasteiger partial charge in [-0.2, -0.15) is 0 Å². The van der Waals surface area contributed by atoms with Crippen LogP contribution in [0.5, 0.6) is 0 Å². The zero-order valence-corrected chi connectivity index (χ0v) is 13.6. The molecule has 0 saturated carbocycles. The molecule has 0 aliphatic heterocycles. The third-order valence-electron chi connectivity index (χ3n) is 2.89. The van der Waals surface area contributed by atoms with Gasteiger partial charge in [0.15, 0.2) is 0 Å². The summed E-state index contributed by atoms with van der Waals surface area (Å²) in [5.74, 6) is -0.209. The van der Waals surface area contributed by atoms with Crippen LogP contribution in [0.15, 0.2) is 53.4 Å². The summed E-state index contributed by atoms with van der Waals surface area (Å²) >= 11 is 5.92. The Morgan fingerprint density at radius 1 is 1.09 bits per heavy atom. The van der Waals surface area contributed by atoms with Crippen molar-refractivity contribution in [3.8, 4) is 0 Å². The van der Waals surface area contributed by atoms with Crippen molar-refractivity contribution in [2.45, 2.75) is 4.90 Å². The second kappa shape index (κ2) is 6.37. The molecule has 2 rings (SSSR count). The number of benzene rings is 2. The topological polar surface area (TPSA) is 66.5 Å². The Bertz CT molecular complexity index is 804. The molecule has 0 radical (unpaired) electrons. The average Bonchev–Trinajstić information content (AvgIpc) is 2.46. The molecule has 5 nitrogen and oxygen atoms in total. The van der Waals surface area contributed by atoms with Gasteiger partial charge in [0.05, 0.1) is 5.02 Å². The Hall–Kier alpha value is -2.05. The van der Waals surface area contributed by atoms with Gasteiger partial charge in [-0.3, -0.25) is 9.52 Å². The normalized spacial score (nSPS) is 11.0. The van der Waals surface area contributed by atoms with Crippen LogP contribution in [0.25, 0.3) is 0 Å². The minimum Gasteiger partial charge on any atom is -0.345 e. The largest absolute Gasteiger partial charge is 0.345 e. The number of nitrogens with zero attached hydrogens (tertiary/aromatic N) is 1. The number of hydrogen-bond donors (Lipinski definition) is 1. The van der Waals surface area contributed by atoms with Crippen LogP contribution in [0.4, 0.5) is 5.69 Å². The van der Waals surface area contributed by atoms with Gasteiger partial charge in [0.2, 0.25) is 0 Å². The summed E-state index contributed by atoms with van der Waals surface area (Å²) in [4.78, 5) is 13.3. The molecule has 116 valence electrons. The molecule has 2 aromatic rings. The van der Waals surface area contributed by atoms with Gasteiger partial charge in [-0.25, -0.2) is 8.42 Å². The number of hydrogen-bond acceptors (Lipinski definition) is 3. The molecule has 0 fully saturated rings. The lowest BCUT2D eigenvalue weighted by Gasteiger charge is -2.13. The van der Waals surface area contributed by atoms with Crippen LogP contribution in [0.3, 0.4) is 0 Å². The van der Waals surface area contributed by atoms with E-state index in [9.17, 15) is 13.2 Å². The van der Waals surface area contributed by atoms with E-state index in [1.165, 1.54) is 23.1 Å². The number of rotatable bonds is 4. The number of nitrogens with one attached hydrogen (secondary N) is 1. The number of sulfonamides is 1. The number of carbonyl (C=O) groups is 1. The Morgan fingerprint density at radius 2 is 1.77 bits per heavy atom. The van der Waals surface area contributed by atoms with E-state index in [0.717, 1.165) is 0 Å². The van der Waals surface area contributed by atoms with Crippen LogP contribution >= 0.6 is 11.6 Å². The third kappa shape index (κ3) is 3.58. The van der Waals surface area contributed by atoms with Crippen LogP contribution < -0.4 is 4.72 Å². The van der Waals surface area contributed by atoms with Gasteiger partial charge in [-0.15, -0.1) is 0 Å². The van der Waals surface area contributed by atoms with Gasteiger partial charge in [-0.05, 0) is 30.3 Å². The Labute approximate surface area is 134 Å². The summed E-state index contributed by atoms with van der Waals surface area (Å²) in [6.45, 7) is 0. The maximum Gasteiger partial charge on any atom is 0.263 e. The predicted octanol–water partition coefficient (Wildman–Crippen LogP) is 2.84. The SMILES string of the molecule is CN(C)C(=O)c1cccc(NS(=O)(=O)c2ccccc2Cl)c1. The van der Waals surface area contributed by atoms with E-state index in [1.807, 2.05) is 0 Å². The van der Waals surface area contributed by atoms with Crippen molar-refractivity contribution >= 4 is 33.2 Å². The van der Waals surface area contributed by atoms with Crippen molar-refractivity contribution in [2.75, 3.05) is 18.8 Å². The van der Waals surface area contributed by atoms with E-state index in [4.69, 9.17) is 11.6 Å². The summed E-state index contributed by atoms with van der Waals surface area (Å²) in [5.41, 5.74) is 0.692. The molecule has 0 unspecified atom stereocenters. The molecule has 2 aromatic carbocycles. The molecule has 0 saturated heterocycles. The summed E-state index contributed by atoms with van der Waals surface area (Å²) in [7, 11) is -0.558. The summed E-state index contributed by atoms with van der Waals surface area (Å²) in [6.07, 6.45) is 0. The predicted molar refractivity (Wildman–Crippen MR) is 86.7 cm³/mol. The fraction of sp³-hybridized carbons (Fsp3) is 0.133. The highest BCUT2D eigenvalue weighted by molar-refractivity contribution is 7.92. The van der Waals surface area contributed by atoms with Crippen LogP contribution in [0.1, 0.15) is 10.4 Å². The zero-order chi connectivity index (χ0) is 16.3. The molecule has 0 aromatic heterocycles. The van der Waals surface area contributed by atoms with Crippen molar-refractivity contribution in [3.05, 3.63) is 59.1 Å². The lowest BCUT2D eigenvalue weighted by Crippen LogP contribution is -2.22. The zero-order valence-electron chi connectivity index (χ0n) is 12.1. The fourth-order valence-electron chi connectivity index (χ4n) is 1.85. The van der Waals surface area contributed by atoms with Gasteiger partial charge in [0.1, 0.15) is 4.90 Å². The molecular formula is C15H15ClN2O3S. The van der Waals surface area contributed by atoms with E-state index < -0.39 is 10.0 Å². The van der Waals surface area contributed by atoms with E-state index in [-0.39, 0.29) is 15.8 Å². The van der Waals surface area contributed by atoms with Crippen LogP contribution in [0, 0.1) is 0 Å². The molecule has 0 atom stereocenters. The maximum atomic E-state index is 12.3. The summed E-state index contributed by atoms with van der Waals surface area (Å²) in [5, 5.41) is 0.135. The second-order valence-corrected chi connectivity index (χ2v) is 6.87. The first-order chi connectivity index (χ1) is 10.3. The van der Waals surface area contributed by atoms with Crippen molar-refractivity contribution < 1.29 is 13.2 Å². The van der Waals surface area contributed by atoms with E-state index >= 15 is 0 Å². The third-order valence-corrected chi connectivity index (χ3v) is 4.78. The average molecular weight is 339 g/mol. The Morgan fingerprint density at radius 3 is 2.41 bits per heavy atom. The number of halogens is 1. The Balaban J connectivity index is 2.33. The van der Waals surface area contributed by atoms with Crippen LogP contribution in [-0.4, -0.2) is 33.3 Å². The van der Waals surface area contributed by atoms with E-state index in [0.29, 0.717) is 11.3 Å². The Kier molecular flexibility index (Phi) is 4.73. The van der Waals surface area contributed by atoms with Crippen molar-refractivity contribution in [1.29, 1.82) is 0 Å². The molecule has 22 heavy (non-hydrogen) atoms. The minimum absolute atomic E-state index is 0.0130. The van der Waals surface area contributed by atoms with Gasteiger partial charge >= 0.3 is 0 Å². The van der Waals surface area contributed by atoms with Gasteiger partial charge in [0.25, 0.3) is 15.9 Å². The highest BCUT2D eigenvalue weighted by Gasteiger charge is 2.18. The maximum absolute atomic E-state index is 12.3. The van der Waals surface area contributed by atoms with Crippen LogP contribution in [0.2, 0.25) is 5.02 Å². The lowest BCUT2D eigenvalue weighted by molar-refractivity contribution is 0.0827. The van der Waals surface area contributed by atoms with Gasteiger partial charge in [0, 0.05) is 25.3 Å². The smallest absolute Gasteiger partial charge is 0.263 e. The first kappa shape index (κ1) is 16.3. The fourth-order valence-corrected chi connectivity index (χ4v) is 3.42. The molecule has 0 spiro atoms. The highest BCUT2D eigenvalue weighted by Crippen LogP contribution is 2.23. The van der Waals surface area contributed by atoms with E-state index in [2.05, 4.69) is 4.72 Å². The standard InChI is InChI=1S/C15H15ClN2O3S/c1-18(2)15(19)11-6-5-7-12(10-11)17-22(20,21)14-9-4-3-8-13(14)16/h3-10,17H,1-2H3. The summed E-state index contributed by atoms with van der Waals surface area (Å²) < 4.78 is 27.1. The number of amides is 1. The van der Waals surface area contributed by atoms with E-state index in [1.54, 1.807) is 44.4 Å². The van der Waals surface area contributed by atoms with Crippen LogP contribution in [-0.2, 0) is 10.0 Å². The highest BCUT2D eigenvalue weighted by atomic mass is 35.5. The molecule has 0 aliphatic rings. The van der Waals surface area contributed by atoms with Crippen molar-refractivity contribution in [1.82, 2.24) is 4.90 Å². The van der Waals surface area contributed by atoms with Crippen molar-refractivity contribution in [2.24, 2.45) is 0 Å². The molecule has 0 aliphatic carbocycles. The molecule has 1 N–H and O–H groups in total. The van der Waals surface area contributed by atoms with Crippen molar-refractivity contribution in [3.63, 3.8) is 0 Å². The van der Waals surface area contributed by atoms with Gasteiger partial charge in [-0.1, -0.05) is 29.8 Å². The number of anilines is 1. The summed E-state index contributed by atoms with van der Waals surface area (Å²) in [6, 6.07) is 12.4. The molecule has 7 heteroatoms. The molecule has 1 amide bonds. The van der Waals surface area contributed by atoms with Gasteiger partial charge < -0.3 is 4.90 Å². The monoisotopic (exact) mass is 338 g/mol. The minimum atomic E-state index is -3.81. The molecular weight excluding hydrogens is 324 g/mol. The quantitative estimate of drug-likeness (QED) is 0.932. The lowest BCUT2D eigenvalue weighted by atomic mass is 10.2. The molecule has 0 bridgehead atoms. The number of carbonyl (C=O) groups excluding carboxylic acids is 1. The second-order valence-electron chi connectivity index (χ2n) is 4.82. The first-order valence-electron chi connectivity index (χ1n) is 6.40. The molecule has 0 heterocycles.